The van der Waals surface area contributed by atoms with Gasteiger partial charge in [-0.15, -0.1) is 0 Å². The Morgan fingerprint density at radius 1 is 1.10 bits per heavy atom. The zero-order valence-corrected chi connectivity index (χ0v) is 18.4. The molecule has 0 spiro atoms. The number of para-hydroxylation sites is 1. The van der Waals surface area contributed by atoms with Gasteiger partial charge in [-0.1, -0.05) is 35.9 Å². The first-order chi connectivity index (χ1) is 14.8. The Balaban J connectivity index is 1.62. The molecule has 2 heterocycles. The Hall–Kier alpha value is -3.32. The molecule has 158 valence electrons. The Labute approximate surface area is 184 Å². The molecule has 1 fully saturated rings. The van der Waals surface area contributed by atoms with Gasteiger partial charge in [-0.3, -0.25) is 19.3 Å². The van der Waals surface area contributed by atoms with Crippen molar-refractivity contribution in [3.05, 3.63) is 70.8 Å². The molecule has 31 heavy (non-hydrogen) atoms. The Morgan fingerprint density at radius 3 is 2.48 bits per heavy atom. The standard InChI is InChI=1S/C24H23N3O3S/c1-15(2)27-23(29)21(31-24(27)30)12-17-13-26(20-7-5-4-6-19(17)20)14-22(28)25-18-10-8-16(3)9-11-18/h4-13,15H,14H2,1-3H3,(H,25,28)/b21-12-. The number of thioether (sulfide) groups is 1. The van der Waals surface area contributed by atoms with Crippen LogP contribution in [0.15, 0.2) is 59.6 Å². The van der Waals surface area contributed by atoms with Crippen molar-refractivity contribution in [2.45, 2.75) is 33.4 Å². The summed E-state index contributed by atoms with van der Waals surface area (Å²) in [5, 5.41) is 3.57. The van der Waals surface area contributed by atoms with Crippen molar-refractivity contribution >= 4 is 51.5 Å². The number of nitrogens with one attached hydrogen (secondary N) is 1. The van der Waals surface area contributed by atoms with Crippen LogP contribution in [-0.4, -0.2) is 32.6 Å². The number of carbonyl (C=O) groups is 3. The van der Waals surface area contributed by atoms with E-state index in [2.05, 4.69) is 5.32 Å². The molecule has 0 atom stereocenters. The summed E-state index contributed by atoms with van der Waals surface area (Å²) in [6, 6.07) is 15.2. The molecule has 0 radical (unpaired) electrons. The van der Waals surface area contributed by atoms with E-state index in [0.29, 0.717) is 4.91 Å². The third kappa shape index (κ3) is 4.27. The number of aryl methyl sites for hydroxylation is 1. The summed E-state index contributed by atoms with van der Waals surface area (Å²) in [5.41, 5.74) is 3.56. The average molecular weight is 434 g/mol. The topological polar surface area (TPSA) is 71.4 Å². The highest BCUT2D eigenvalue weighted by molar-refractivity contribution is 8.18. The number of carbonyl (C=O) groups excluding carboxylic acids is 3. The Kier molecular flexibility index (Phi) is 5.69. The fourth-order valence-electron chi connectivity index (χ4n) is 3.58. The quantitative estimate of drug-likeness (QED) is 0.573. The predicted molar refractivity (Wildman–Crippen MR) is 125 cm³/mol. The normalized spacial score (nSPS) is 15.5. The second-order valence-corrected chi connectivity index (χ2v) is 8.78. The third-order valence-electron chi connectivity index (χ3n) is 5.10. The summed E-state index contributed by atoms with van der Waals surface area (Å²) in [4.78, 5) is 39.1. The highest BCUT2D eigenvalue weighted by atomic mass is 32.2. The van der Waals surface area contributed by atoms with Gasteiger partial charge in [0, 0.05) is 34.4 Å². The van der Waals surface area contributed by atoms with Crippen LogP contribution in [0.25, 0.3) is 17.0 Å². The summed E-state index contributed by atoms with van der Waals surface area (Å²) in [7, 11) is 0. The molecule has 1 aliphatic heterocycles. The summed E-state index contributed by atoms with van der Waals surface area (Å²) in [6.07, 6.45) is 3.59. The van der Waals surface area contributed by atoms with Gasteiger partial charge in [0.15, 0.2) is 0 Å². The van der Waals surface area contributed by atoms with Gasteiger partial charge < -0.3 is 9.88 Å². The smallest absolute Gasteiger partial charge is 0.293 e. The number of fused-ring (bicyclic) bond motifs is 1. The number of hydrogen-bond donors (Lipinski definition) is 1. The van der Waals surface area contributed by atoms with E-state index in [1.54, 1.807) is 6.08 Å². The summed E-state index contributed by atoms with van der Waals surface area (Å²) in [5.74, 6) is -0.421. The minimum atomic E-state index is -0.279. The fraction of sp³-hybridized carbons (Fsp3) is 0.208. The van der Waals surface area contributed by atoms with Crippen molar-refractivity contribution < 1.29 is 14.4 Å². The van der Waals surface area contributed by atoms with Gasteiger partial charge in [-0.05, 0) is 56.8 Å². The number of anilines is 1. The number of hydrogen-bond acceptors (Lipinski definition) is 4. The van der Waals surface area contributed by atoms with E-state index in [9.17, 15) is 14.4 Å². The second-order valence-electron chi connectivity index (χ2n) is 7.79. The van der Waals surface area contributed by atoms with Crippen LogP contribution in [-0.2, 0) is 16.1 Å². The van der Waals surface area contributed by atoms with Crippen LogP contribution in [0, 0.1) is 6.92 Å². The molecular weight excluding hydrogens is 410 g/mol. The van der Waals surface area contributed by atoms with Crippen molar-refractivity contribution in [3.63, 3.8) is 0 Å². The number of amides is 3. The van der Waals surface area contributed by atoms with Crippen LogP contribution in [0.3, 0.4) is 0 Å². The lowest BCUT2D eigenvalue weighted by Gasteiger charge is -2.16. The van der Waals surface area contributed by atoms with Gasteiger partial charge >= 0.3 is 0 Å². The molecule has 4 rings (SSSR count). The molecule has 0 aliphatic carbocycles. The highest BCUT2D eigenvalue weighted by Crippen LogP contribution is 2.35. The minimum Gasteiger partial charge on any atom is -0.337 e. The van der Waals surface area contributed by atoms with Crippen molar-refractivity contribution in [1.82, 2.24) is 9.47 Å². The van der Waals surface area contributed by atoms with E-state index in [1.807, 2.05) is 80.1 Å². The largest absolute Gasteiger partial charge is 0.337 e. The monoisotopic (exact) mass is 433 g/mol. The molecule has 7 heteroatoms. The van der Waals surface area contributed by atoms with Crippen molar-refractivity contribution in [2.75, 3.05) is 5.32 Å². The van der Waals surface area contributed by atoms with E-state index in [-0.39, 0.29) is 29.6 Å². The van der Waals surface area contributed by atoms with Gasteiger partial charge in [0.1, 0.15) is 6.54 Å². The van der Waals surface area contributed by atoms with E-state index in [4.69, 9.17) is 0 Å². The molecule has 1 N–H and O–H groups in total. The molecule has 3 aromatic rings. The number of nitrogens with zero attached hydrogens (tertiary/aromatic N) is 2. The fourth-order valence-corrected chi connectivity index (χ4v) is 4.53. The zero-order chi connectivity index (χ0) is 22.1. The van der Waals surface area contributed by atoms with Crippen LogP contribution in [0.4, 0.5) is 10.5 Å². The molecule has 1 aliphatic rings. The number of rotatable bonds is 5. The van der Waals surface area contributed by atoms with Crippen LogP contribution in [0.2, 0.25) is 0 Å². The van der Waals surface area contributed by atoms with E-state index in [0.717, 1.165) is 39.5 Å². The first-order valence-electron chi connectivity index (χ1n) is 10.0. The number of aromatic nitrogens is 1. The first-order valence-corrected chi connectivity index (χ1v) is 10.9. The van der Waals surface area contributed by atoms with Crippen molar-refractivity contribution in [3.8, 4) is 0 Å². The van der Waals surface area contributed by atoms with Gasteiger partial charge in [-0.2, -0.15) is 0 Å². The second kappa shape index (κ2) is 8.43. The minimum absolute atomic E-state index is 0.135. The van der Waals surface area contributed by atoms with Crippen LogP contribution in [0.1, 0.15) is 25.0 Å². The van der Waals surface area contributed by atoms with E-state index in [1.165, 1.54) is 4.90 Å². The van der Waals surface area contributed by atoms with Gasteiger partial charge in [0.2, 0.25) is 5.91 Å². The molecule has 0 unspecified atom stereocenters. The number of imide groups is 1. The molecular formula is C24H23N3O3S. The lowest BCUT2D eigenvalue weighted by molar-refractivity contribution is -0.123. The zero-order valence-electron chi connectivity index (χ0n) is 17.6. The third-order valence-corrected chi connectivity index (χ3v) is 5.98. The molecule has 6 nitrogen and oxygen atoms in total. The SMILES string of the molecule is Cc1ccc(NC(=O)Cn2cc(/C=C3\SC(=O)N(C(C)C)C3=O)c3ccccc32)cc1. The summed E-state index contributed by atoms with van der Waals surface area (Å²) < 4.78 is 1.86. The predicted octanol–water partition coefficient (Wildman–Crippen LogP) is 5.03. The van der Waals surface area contributed by atoms with Gasteiger partial charge in [-0.25, -0.2) is 0 Å². The van der Waals surface area contributed by atoms with Crippen molar-refractivity contribution in [2.24, 2.45) is 0 Å². The Bertz CT molecular complexity index is 1210. The lowest BCUT2D eigenvalue weighted by Crippen LogP contribution is -2.34. The summed E-state index contributed by atoms with van der Waals surface area (Å²) in [6.45, 7) is 5.76. The van der Waals surface area contributed by atoms with Gasteiger partial charge in [0.25, 0.3) is 11.1 Å². The molecule has 0 saturated carbocycles. The summed E-state index contributed by atoms with van der Waals surface area (Å²) >= 11 is 0.950. The maximum atomic E-state index is 12.7. The van der Waals surface area contributed by atoms with Crippen LogP contribution < -0.4 is 5.32 Å². The molecule has 2 aromatic carbocycles. The number of benzene rings is 2. The van der Waals surface area contributed by atoms with Gasteiger partial charge in [0.05, 0.1) is 4.91 Å². The average Bonchev–Trinajstić information content (AvgIpc) is 3.20. The van der Waals surface area contributed by atoms with Crippen LogP contribution in [0.5, 0.6) is 0 Å². The molecule has 0 bridgehead atoms. The molecule has 3 amide bonds. The molecule has 1 saturated heterocycles. The maximum Gasteiger partial charge on any atom is 0.293 e. The lowest BCUT2D eigenvalue weighted by atomic mass is 10.1. The van der Waals surface area contributed by atoms with E-state index >= 15 is 0 Å². The van der Waals surface area contributed by atoms with Crippen LogP contribution >= 0.6 is 11.8 Å². The first kappa shape index (κ1) is 20.9. The maximum absolute atomic E-state index is 12.7. The Morgan fingerprint density at radius 2 is 1.81 bits per heavy atom. The van der Waals surface area contributed by atoms with E-state index < -0.39 is 0 Å². The molecule has 1 aromatic heterocycles. The van der Waals surface area contributed by atoms with Crippen molar-refractivity contribution in [1.29, 1.82) is 0 Å². The highest BCUT2D eigenvalue weighted by Gasteiger charge is 2.36.